The number of carbonyl (C=O) groups excluding carboxylic acids is 1. The molecule has 0 spiro atoms. The number of hydrogen-bond donors (Lipinski definition) is 2. The molecule has 0 bridgehead atoms. The third-order valence-electron chi connectivity index (χ3n) is 3.34. The van der Waals surface area contributed by atoms with E-state index in [1.807, 2.05) is 12.1 Å². The minimum atomic E-state index is -0.263. The molecule has 2 aromatic rings. The molecule has 0 saturated heterocycles. The van der Waals surface area contributed by atoms with Gasteiger partial charge in [0.15, 0.2) is 16.6 Å². The number of methoxy groups -OCH3 is 2. The number of halogens is 2. The fourth-order valence-corrected chi connectivity index (χ4v) is 3.08. The van der Waals surface area contributed by atoms with Crippen LogP contribution in [0.4, 0.5) is 0 Å². The van der Waals surface area contributed by atoms with Crippen LogP contribution in [-0.4, -0.2) is 25.2 Å². The molecule has 0 saturated carbocycles. The van der Waals surface area contributed by atoms with E-state index in [1.54, 1.807) is 38.5 Å². The lowest BCUT2D eigenvalue weighted by atomic mass is 10.2. The Kier molecular flexibility index (Phi) is 7.27. The maximum atomic E-state index is 12.2. The highest BCUT2D eigenvalue weighted by molar-refractivity contribution is 14.1. The Morgan fingerprint density at radius 3 is 2.48 bits per heavy atom. The molecule has 132 valence electrons. The molecule has 0 aliphatic carbocycles. The number of ether oxygens (including phenoxy) is 2. The van der Waals surface area contributed by atoms with Gasteiger partial charge >= 0.3 is 0 Å². The first kappa shape index (κ1) is 19.7. The van der Waals surface area contributed by atoms with Crippen LogP contribution in [-0.2, 0) is 6.54 Å². The molecule has 2 aromatic carbocycles. The van der Waals surface area contributed by atoms with Crippen molar-refractivity contribution in [3.8, 4) is 11.5 Å². The molecule has 8 heteroatoms. The number of hydrogen-bond acceptors (Lipinski definition) is 4. The molecular formula is C17H16ClIN2O3S. The number of nitrogens with one attached hydrogen (secondary N) is 2. The Balaban J connectivity index is 2.01. The number of amides is 1. The summed E-state index contributed by atoms with van der Waals surface area (Å²) in [6.45, 7) is 0.337. The van der Waals surface area contributed by atoms with E-state index in [0.29, 0.717) is 28.6 Å². The van der Waals surface area contributed by atoms with E-state index in [1.165, 1.54) is 0 Å². The molecular weight excluding hydrogens is 475 g/mol. The first-order valence-electron chi connectivity index (χ1n) is 7.20. The van der Waals surface area contributed by atoms with Gasteiger partial charge in [0.05, 0.1) is 19.8 Å². The predicted octanol–water partition coefficient (Wildman–Crippen LogP) is 3.77. The van der Waals surface area contributed by atoms with Crippen LogP contribution in [0.25, 0.3) is 0 Å². The molecule has 0 fully saturated rings. The largest absolute Gasteiger partial charge is 0.493 e. The van der Waals surface area contributed by atoms with Crippen LogP contribution in [0.15, 0.2) is 36.4 Å². The minimum absolute atomic E-state index is 0.218. The smallest absolute Gasteiger partial charge is 0.258 e. The summed E-state index contributed by atoms with van der Waals surface area (Å²) in [5.74, 6) is 0.851. The van der Waals surface area contributed by atoms with Crippen molar-refractivity contribution in [3.63, 3.8) is 0 Å². The molecule has 1 amide bonds. The number of benzene rings is 2. The van der Waals surface area contributed by atoms with Crippen molar-refractivity contribution in [2.75, 3.05) is 14.2 Å². The fourth-order valence-electron chi connectivity index (χ4n) is 2.07. The lowest BCUT2D eigenvalue weighted by molar-refractivity contribution is 0.0976. The maximum absolute atomic E-state index is 12.2. The van der Waals surface area contributed by atoms with E-state index >= 15 is 0 Å². The van der Waals surface area contributed by atoms with Crippen molar-refractivity contribution in [2.24, 2.45) is 0 Å². The highest BCUT2D eigenvalue weighted by Crippen LogP contribution is 2.32. The van der Waals surface area contributed by atoms with Crippen LogP contribution in [0.1, 0.15) is 15.9 Å². The Morgan fingerprint density at radius 2 is 1.84 bits per heavy atom. The predicted molar refractivity (Wildman–Crippen MR) is 111 cm³/mol. The number of rotatable bonds is 5. The van der Waals surface area contributed by atoms with Gasteiger partial charge < -0.3 is 14.8 Å². The summed E-state index contributed by atoms with van der Waals surface area (Å²) < 4.78 is 11.3. The van der Waals surface area contributed by atoms with Gasteiger partial charge in [-0.3, -0.25) is 10.1 Å². The van der Waals surface area contributed by atoms with Crippen molar-refractivity contribution in [3.05, 3.63) is 56.1 Å². The topological polar surface area (TPSA) is 59.6 Å². The molecule has 0 aromatic heterocycles. The van der Waals surface area contributed by atoms with Crippen molar-refractivity contribution >= 4 is 57.4 Å². The molecule has 0 unspecified atom stereocenters. The Hall–Kier alpha value is -1.58. The van der Waals surface area contributed by atoms with Gasteiger partial charge in [-0.2, -0.15) is 0 Å². The number of carbonyl (C=O) groups is 1. The zero-order valence-corrected chi connectivity index (χ0v) is 17.3. The van der Waals surface area contributed by atoms with E-state index in [4.69, 9.17) is 33.3 Å². The molecule has 0 heterocycles. The summed E-state index contributed by atoms with van der Waals surface area (Å²) in [6, 6.07) is 10.7. The summed E-state index contributed by atoms with van der Waals surface area (Å²) in [5.41, 5.74) is 1.33. The summed E-state index contributed by atoms with van der Waals surface area (Å²) in [6.07, 6.45) is 0. The Labute approximate surface area is 170 Å². The van der Waals surface area contributed by atoms with Crippen molar-refractivity contribution in [1.82, 2.24) is 10.6 Å². The summed E-state index contributed by atoms with van der Waals surface area (Å²) in [5, 5.41) is 6.35. The first-order chi connectivity index (χ1) is 12.0. The first-order valence-corrected chi connectivity index (χ1v) is 9.07. The zero-order chi connectivity index (χ0) is 18.4. The van der Waals surface area contributed by atoms with Gasteiger partial charge in [0.2, 0.25) is 0 Å². The lowest BCUT2D eigenvalue weighted by Gasteiger charge is -2.14. The second kappa shape index (κ2) is 9.21. The van der Waals surface area contributed by atoms with Gasteiger partial charge in [-0.15, -0.1) is 0 Å². The summed E-state index contributed by atoms with van der Waals surface area (Å²) in [4.78, 5) is 12.2. The van der Waals surface area contributed by atoms with Gasteiger partial charge in [0.25, 0.3) is 5.91 Å². The molecule has 2 rings (SSSR count). The zero-order valence-electron chi connectivity index (χ0n) is 13.6. The van der Waals surface area contributed by atoms with E-state index in [9.17, 15) is 4.79 Å². The van der Waals surface area contributed by atoms with Crippen LogP contribution in [0, 0.1) is 3.57 Å². The van der Waals surface area contributed by atoms with Crippen LogP contribution in [0.3, 0.4) is 0 Å². The molecule has 0 radical (unpaired) electrons. The summed E-state index contributed by atoms with van der Waals surface area (Å²) >= 11 is 13.5. The normalized spacial score (nSPS) is 10.1. The van der Waals surface area contributed by atoms with Crippen molar-refractivity contribution in [2.45, 2.75) is 6.54 Å². The second-order valence-electron chi connectivity index (χ2n) is 4.92. The SMILES string of the molecule is COc1cc(Cl)c(CNC(=S)NC(=O)c2ccccc2I)cc1OC. The fraction of sp³-hybridized carbons (Fsp3) is 0.176. The quantitative estimate of drug-likeness (QED) is 0.494. The minimum Gasteiger partial charge on any atom is -0.493 e. The van der Waals surface area contributed by atoms with Crippen LogP contribution in [0.5, 0.6) is 11.5 Å². The third-order valence-corrected chi connectivity index (χ3v) is 4.88. The second-order valence-corrected chi connectivity index (χ2v) is 6.89. The maximum Gasteiger partial charge on any atom is 0.258 e. The van der Waals surface area contributed by atoms with Crippen LogP contribution < -0.4 is 20.1 Å². The van der Waals surface area contributed by atoms with E-state index in [-0.39, 0.29) is 11.0 Å². The standard InChI is InChI=1S/C17H16ClIN2O3S/c1-23-14-7-10(12(18)8-15(14)24-2)9-20-17(25)21-16(22)11-5-3-4-6-13(11)19/h3-8H,9H2,1-2H3,(H2,20,21,22,25). The van der Waals surface area contributed by atoms with Crippen LogP contribution in [0.2, 0.25) is 5.02 Å². The summed E-state index contributed by atoms with van der Waals surface area (Å²) in [7, 11) is 3.09. The molecule has 2 N–H and O–H groups in total. The van der Waals surface area contributed by atoms with Gasteiger partial charge in [-0.25, -0.2) is 0 Å². The van der Waals surface area contributed by atoms with E-state index < -0.39 is 0 Å². The number of thiocarbonyl (C=S) groups is 1. The highest BCUT2D eigenvalue weighted by atomic mass is 127. The van der Waals surface area contributed by atoms with Crippen LogP contribution >= 0.6 is 46.4 Å². The molecule has 0 aliphatic rings. The Morgan fingerprint density at radius 1 is 1.20 bits per heavy atom. The average Bonchev–Trinajstić information content (AvgIpc) is 2.60. The molecule has 0 atom stereocenters. The highest BCUT2D eigenvalue weighted by Gasteiger charge is 2.13. The van der Waals surface area contributed by atoms with Gasteiger partial charge in [-0.05, 0) is 58.6 Å². The molecule has 5 nitrogen and oxygen atoms in total. The Bertz CT molecular complexity index is 801. The average molecular weight is 491 g/mol. The van der Waals surface area contributed by atoms with E-state index in [0.717, 1.165) is 9.13 Å². The molecule has 0 aliphatic heterocycles. The van der Waals surface area contributed by atoms with Crippen molar-refractivity contribution in [1.29, 1.82) is 0 Å². The van der Waals surface area contributed by atoms with Gasteiger partial charge in [0, 0.05) is 21.2 Å². The van der Waals surface area contributed by atoms with Crippen molar-refractivity contribution < 1.29 is 14.3 Å². The monoisotopic (exact) mass is 490 g/mol. The lowest BCUT2D eigenvalue weighted by Crippen LogP contribution is -2.39. The molecule has 25 heavy (non-hydrogen) atoms. The third kappa shape index (κ3) is 5.20. The van der Waals surface area contributed by atoms with Gasteiger partial charge in [0.1, 0.15) is 0 Å². The van der Waals surface area contributed by atoms with E-state index in [2.05, 4.69) is 33.2 Å². The van der Waals surface area contributed by atoms with Gasteiger partial charge in [-0.1, -0.05) is 23.7 Å².